The second kappa shape index (κ2) is 10.8. The number of likely N-dealkylation sites (tertiary alicyclic amines) is 1. The zero-order chi connectivity index (χ0) is 24.9. The third kappa shape index (κ3) is 6.63. The fourth-order valence-electron chi connectivity index (χ4n) is 3.82. The van der Waals surface area contributed by atoms with Gasteiger partial charge in [0.05, 0.1) is 5.02 Å². The molecule has 3 N–H and O–H groups in total. The Labute approximate surface area is 199 Å². The number of hydrogen-bond acceptors (Lipinski definition) is 4. The van der Waals surface area contributed by atoms with Crippen LogP contribution in [0.2, 0.25) is 5.02 Å². The number of halogens is 4. The predicted molar refractivity (Wildman–Crippen MR) is 120 cm³/mol. The third-order valence-corrected chi connectivity index (χ3v) is 5.66. The molecule has 0 bridgehead atoms. The summed E-state index contributed by atoms with van der Waals surface area (Å²) in [7, 11) is 0. The molecule has 182 valence electrons. The highest BCUT2D eigenvalue weighted by atomic mass is 35.5. The number of nitrogens with two attached hydrogens (primary N) is 1. The molecule has 0 spiro atoms. The molecule has 1 heterocycles. The number of carbonyl (C=O) groups is 3. The molecular formula is C23H23ClF3N3O4. The molecule has 1 fully saturated rings. The Morgan fingerprint density at radius 2 is 1.82 bits per heavy atom. The topological polar surface area (TPSA) is 102 Å². The van der Waals surface area contributed by atoms with E-state index in [1.54, 1.807) is 6.07 Å². The number of benzene rings is 2. The second-order valence-corrected chi connectivity index (χ2v) is 8.20. The van der Waals surface area contributed by atoms with Crippen LogP contribution in [0.3, 0.4) is 0 Å². The first-order valence-corrected chi connectivity index (χ1v) is 11.0. The van der Waals surface area contributed by atoms with Crippen molar-refractivity contribution in [3.8, 4) is 16.9 Å². The minimum absolute atomic E-state index is 0.0704. The lowest BCUT2D eigenvalue weighted by molar-refractivity contribution is -0.274. The summed E-state index contributed by atoms with van der Waals surface area (Å²) in [4.78, 5) is 37.8. The number of anilines is 1. The monoisotopic (exact) mass is 497 g/mol. The van der Waals surface area contributed by atoms with Crippen LogP contribution in [0.1, 0.15) is 32.1 Å². The number of ether oxygens (including phenoxy) is 1. The smallest absolute Gasteiger partial charge is 0.405 e. The number of piperidine rings is 1. The fourth-order valence-corrected chi connectivity index (χ4v) is 4.10. The normalized spacial score (nSPS) is 16.1. The average molecular weight is 498 g/mol. The number of amides is 3. The van der Waals surface area contributed by atoms with E-state index in [1.807, 2.05) is 0 Å². The van der Waals surface area contributed by atoms with Gasteiger partial charge in [0, 0.05) is 36.2 Å². The molecule has 1 unspecified atom stereocenters. The number of alkyl halides is 3. The van der Waals surface area contributed by atoms with Gasteiger partial charge in [0.15, 0.2) is 0 Å². The van der Waals surface area contributed by atoms with Gasteiger partial charge in [0.1, 0.15) is 11.8 Å². The average Bonchev–Trinajstić information content (AvgIpc) is 2.77. The number of nitrogens with zero attached hydrogens (tertiary/aromatic N) is 1. The van der Waals surface area contributed by atoms with Crippen LogP contribution in [0.25, 0.3) is 11.1 Å². The van der Waals surface area contributed by atoms with E-state index in [4.69, 9.17) is 17.3 Å². The van der Waals surface area contributed by atoms with Crippen LogP contribution >= 0.6 is 11.6 Å². The van der Waals surface area contributed by atoms with Gasteiger partial charge in [0.2, 0.25) is 17.7 Å². The zero-order valence-electron chi connectivity index (χ0n) is 18.0. The maximum atomic E-state index is 12.9. The van der Waals surface area contributed by atoms with Gasteiger partial charge in [-0.2, -0.15) is 0 Å². The molecule has 0 aromatic heterocycles. The first-order chi connectivity index (χ1) is 16.0. The molecule has 2 aromatic rings. The highest BCUT2D eigenvalue weighted by Crippen LogP contribution is 2.38. The van der Waals surface area contributed by atoms with Gasteiger partial charge in [-0.1, -0.05) is 35.9 Å². The Morgan fingerprint density at radius 1 is 1.09 bits per heavy atom. The molecule has 3 rings (SSSR count). The Bertz CT molecular complexity index is 1080. The van der Waals surface area contributed by atoms with E-state index < -0.39 is 30.0 Å². The summed E-state index contributed by atoms with van der Waals surface area (Å²) in [6, 6.07) is 9.28. The van der Waals surface area contributed by atoms with Crippen molar-refractivity contribution in [3.63, 3.8) is 0 Å². The van der Waals surface area contributed by atoms with Crippen LogP contribution in [-0.2, 0) is 14.4 Å². The SMILES string of the molecule is NC(=O)CCC(=O)N1CCCCC1C(=O)Nc1ccc(-c2ccccc2OC(F)(F)F)c(Cl)c1. The lowest BCUT2D eigenvalue weighted by Crippen LogP contribution is -2.50. The van der Waals surface area contributed by atoms with Crippen LogP contribution in [0.15, 0.2) is 42.5 Å². The van der Waals surface area contributed by atoms with Crippen LogP contribution in [0.4, 0.5) is 18.9 Å². The van der Waals surface area contributed by atoms with Crippen molar-refractivity contribution in [2.45, 2.75) is 44.5 Å². The summed E-state index contributed by atoms with van der Waals surface area (Å²) >= 11 is 6.33. The van der Waals surface area contributed by atoms with Crippen molar-refractivity contribution in [1.29, 1.82) is 0 Å². The van der Waals surface area contributed by atoms with Crippen molar-refractivity contribution >= 4 is 35.0 Å². The van der Waals surface area contributed by atoms with Gasteiger partial charge in [-0.25, -0.2) is 0 Å². The molecule has 0 radical (unpaired) electrons. The van der Waals surface area contributed by atoms with E-state index in [9.17, 15) is 27.6 Å². The van der Waals surface area contributed by atoms with E-state index in [2.05, 4.69) is 10.1 Å². The van der Waals surface area contributed by atoms with Crippen LogP contribution in [0, 0.1) is 0 Å². The lowest BCUT2D eigenvalue weighted by atomic mass is 10.00. The van der Waals surface area contributed by atoms with Crippen LogP contribution in [-0.4, -0.2) is 41.6 Å². The number of nitrogens with one attached hydrogen (secondary N) is 1. The van der Waals surface area contributed by atoms with Gasteiger partial charge in [-0.05, 0) is 37.5 Å². The molecule has 3 amide bonds. The van der Waals surface area contributed by atoms with Crippen molar-refractivity contribution in [1.82, 2.24) is 4.90 Å². The molecule has 11 heteroatoms. The van der Waals surface area contributed by atoms with Crippen molar-refractivity contribution in [3.05, 3.63) is 47.5 Å². The van der Waals surface area contributed by atoms with E-state index in [-0.39, 0.29) is 29.3 Å². The van der Waals surface area contributed by atoms with Gasteiger partial charge >= 0.3 is 6.36 Å². The summed E-state index contributed by atoms with van der Waals surface area (Å²) in [5.41, 5.74) is 5.86. The first-order valence-electron chi connectivity index (χ1n) is 10.6. The summed E-state index contributed by atoms with van der Waals surface area (Å²) in [6.07, 6.45) is -3.07. The molecule has 2 aromatic carbocycles. The minimum atomic E-state index is -4.86. The van der Waals surface area contributed by atoms with Crippen molar-refractivity contribution in [2.24, 2.45) is 5.73 Å². The fraction of sp³-hybridized carbons (Fsp3) is 0.348. The molecule has 0 aliphatic carbocycles. The molecule has 0 saturated carbocycles. The molecular weight excluding hydrogens is 475 g/mol. The first kappa shape index (κ1) is 25.4. The minimum Gasteiger partial charge on any atom is -0.405 e. The van der Waals surface area contributed by atoms with Crippen molar-refractivity contribution in [2.75, 3.05) is 11.9 Å². The van der Waals surface area contributed by atoms with E-state index in [1.165, 1.54) is 41.3 Å². The second-order valence-electron chi connectivity index (χ2n) is 7.79. The molecule has 34 heavy (non-hydrogen) atoms. The van der Waals surface area contributed by atoms with Crippen molar-refractivity contribution < 1.29 is 32.3 Å². The maximum absolute atomic E-state index is 12.9. The van der Waals surface area contributed by atoms with E-state index >= 15 is 0 Å². The quantitative estimate of drug-likeness (QED) is 0.588. The lowest BCUT2D eigenvalue weighted by Gasteiger charge is -2.34. The standard InChI is InChI=1S/C23H23ClF3N3O4/c24-17-13-14(8-9-15(17)16-5-1-2-7-19(16)34-23(25,26)27)29-22(33)18-6-3-4-12-30(18)21(32)11-10-20(28)31/h1-2,5,7-9,13,18H,3-4,6,10-12H2,(H2,28,31)(H,29,33). The third-order valence-electron chi connectivity index (χ3n) is 5.35. The van der Waals surface area contributed by atoms with Crippen LogP contribution < -0.4 is 15.8 Å². The Morgan fingerprint density at radius 3 is 2.50 bits per heavy atom. The van der Waals surface area contributed by atoms with Crippen LogP contribution in [0.5, 0.6) is 5.75 Å². The zero-order valence-corrected chi connectivity index (χ0v) is 18.8. The highest BCUT2D eigenvalue weighted by molar-refractivity contribution is 6.33. The maximum Gasteiger partial charge on any atom is 0.573 e. The summed E-state index contributed by atoms with van der Waals surface area (Å²) in [5, 5.41) is 2.82. The number of hydrogen-bond donors (Lipinski definition) is 2. The summed E-state index contributed by atoms with van der Waals surface area (Å²) in [6.45, 7) is 0.394. The Kier molecular flexibility index (Phi) is 8.03. The molecule has 1 saturated heterocycles. The molecule has 1 aliphatic rings. The summed E-state index contributed by atoms with van der Waals surface area (Å²) in [5.74, 6) is -1.74. The Hall–Kier alpha value is -3.27. The van der Waals surface area contributed by atoms with E-state index in [0.717, 1.165) is 12.8 Å². The number of rotatable bonds is 7. The molecule has 1 atom stereocenters. The summed E-state index contributed by atoms with van der Waals surface area (Å²) < 4.78 is 42.3. The van der Waals surface area contributed by atoms with E-state index in [0.29, 0.717) is 24.2 Å². The predicted octanol–water partition coefficient (Wildman–Crippen LogP) is 4.49. The largest absolute Gasteiger partial charge is 0.573 e. The van der Waals surface area contributed by atoms with Gasteiger partial charge < -0.3 is 20.7 Å². The van der Waals surface area contributed by atoms with Gasteiger partial charge in [-0.3, -0.25) is 14.4 Å². The molecule has 7 nitrogen and oxygen atoms in total. The highest BCUT2D eigenvalue weighted by Gasteiger charge is 2.33. The van der Waals surface area contributed by atoms with Gasteiger partial charge in [-0.15, -0.1) is 13.2 Å². The number of primary amides is 1. The van der Waals surface area contributed by atoms with Gasteiger partial charge in [0.25, 0.3) is 0 Å². The molecule has 1 aliphatic heterocycles. The Balaban J connectivity index is 1.76. The number of carbonyl (C=O) groups excluding carboxylic acids is 3. The number of para-hydroxylation sites is 1.